The van der Waals surface area contributed by atoms with Crippen molar-refractivity contribution in [1.82, 2.24) is 0 Å². The van der Waals surface area contributed by atoms with E-state index in [1.54, 1.807) is 30.0 Å². The van der Waals surface area contributed by atoms with Crippen LogP contribution in [0.3, 0.4) is 0 Å². The first-order valence-electron chi connectivity index (χ1n) is 6.58. The van der Waals surface area contributed by atoms with Crippen LogP contribution in [0.2, 0.25) is 0 Å². The minimum Gasteiger partial charge on any atom is -0.396 e. The summed E-state index contributed by atoms with van der Waals surface area (Å²) in [6, 6.07) is 0. The van der Waals surface area contributed by atoms with Gasteiger partial charge in [0.2, 0.25) is 0 Å². The monoisotopic (exact) mass is 298 g/mol. The molecule has 1 fully saturated rings. The lowest BCUT2D eigenvalue weighted by Gasteiger charge is -2.37. The molecule has 106 valence electrons. The van der Waals surface area contributed by atoms with Gasteiger partial charge in [-0.1, -0.05) is 13.8 Å². The molecule has 0 spiro atoms. The Morgan fingerprint density at radius 3 is 2.42 bits per heavy atom. The Kier molecular flexibility index (Phi) is 4.16. The van der Waals surface area contributed by atoms with Crippen LogP contribution in [0.15, 0.2) is 4.90 Å². The first-order chi connectivity index (χ1) is 8.85. The number of nitrogen functional groups attached to an aromatic ring is 1. The van der Waals surface area contributed by atoms with Crippen LogP contribution in [0.1, 0.15) is 43.3 Å². The molecule has 0 bridgehead atoms. The highest BCUT2D eigenvalue weighted by atomic mass is 32.2. The Bertz CT molecular complexity index is 484. The number of hydrogen-bond donors (Lipinski definition) is 1. The van der Waals surface area contributed by atoms with E-state index in [1.165, 1.54) is 17.8 Å². The maximum atomic E-state index is 11.6. The summed E-state index contributed by atoms with van der Waals surface area (Å²) in [7, 11) is 0. The molecule has 2 N–H and O–H groups in total. The van der Waals surface area contributed by atoms with Gasteiger partial charge in [-0.3, -0.25) is 4.79 Å². The molecule has 1 saturated heterocycles. The zero-order chi connectivity index (χ0) is 14.2. The lowest BCUT2D eigenvalue weighted by molar-refractivity contribution is 0.102. The number of hydrogen-bond acceptors (Lipinski definition) is 5. The Morgan fingerprint density at radius 1 is 1.37 bits per heavy atom. The fourth-order valence-corrected chi connectivity index (χ4v) is 4.53. The molecule has 2 rings (SSSR count). The minimum absolute atomic E-state index is 0.0707. The normalized spacial score (nSPS) is 18.6. The molecule has 1 aliphatic rings. The van der Waals surface area contributed by atoms with E-state index >= 15 is 0 Å². The Hall–Kier alpha value is -0.680. The van der Waals surface area contributed by atoms with E-state index in [4.69, 9.17) is 5.73 Å². The van der Waals surface area contributed by atoms with Crippen LogP contribution in [0, 0.1) is 5.41 Å². The number of anilines is 2. The van der Waals surface area contributed by atoms with Crippen LogP contribution < -0.4 is 10.6 Å². The molecule has 1 aromatic heterocycles. The van der Waals surface area contributed by atoms with Crippen molar-refractivity contribution >= 4 is 39.6 Å². The summed E-state index contributed by atoms with van der Waals surface area (Å²) < 4.78 is 0. The highest BCUT2D eigenvalue weighted by Gasteiger charge is 2.29. The maximum Gasteiger partial charge on any atom is 0.171 e. The topological polar surface area (TPSA) is 46.3 Å². The lowest BCUT2D eigenvalue weighted by atomic mass is 9.83. The number of thioether (sulfide) groups is 1. The SMILES string of the molecule is CSc1c(N2CCC(C)(C)CC2)sc(C(C)=O)c1N. The molecule has 3 nitrogen and oxygen atoms in total. The zero-order valence-electron chi connectivity index (χ0n) is 12.1. The number of carbonyl (C=O) groups is 1. The summed E-state index contributed by atoms with van der Waals surface area (Å²) in [6.07, 6.45) is 4.40. The third-order valence-corrected chi connectivity index (χ3v) is 6.13. The van der Waals surface area contributed by atoms with Crippen molar-refractivity contribution in [3.05, 3.63) is 4.88 Å². The Balaban J connectivity index is 2.30. The highest BCUT2D eigenvalue weighted by Crippen LogP contribution is 2.45. The third-order valence-electron chi connectivity index (χ3n) is 3.81. The predicted molar refractivity (Wildman–Crippen MR) is 85.7 cm³/mol. The fourth-order valence-electron chi connectivity index (χ4n) is 2.40. The molecule has 0 aliphatic carbocycles. The largest absolute Gasteiger partial charge is 0.396 e. The number of Topliss-reactive ketones (excluding diaryl/α,β-unsaturated/α-hetero) is 1. The van der Waals surface area contributed by atoms with Crippen LogP contribution in [0.4, 0.5) is 10.7 Å². The van der Waals surface area contributed by atoms with Crippen molar-refractivity contribution in [3.63, 3.8) is 0 Å². The molecule has 0 atom stereocenters. The number of rotatable bonds is 3. The quantitative estimate of drug-likeness (QED) is 0.679. The Labute approximate surface area is 123 Å². The molecule has 0 aromatic carbocycles. The second-order valence-corrected chi connectivity index (χ2v) is 7.71. The molecule has 1 aromatic rings. The van der Waals surface area contributed by atoms with Crippen molar-refractivity contribution in [2.75, 3.05) is 30.0 Å². The first-order valence-corrected chi connectivity index (χ1v) is 8.62. The van der Waals surface area contributed by atoms with E-state index in [-0.39, 0.29) is 5.78 Å². The van der Waals surface area contributed by atoms with E-state index in [9.17, 15) is 4.79 Å². The zero-order valence-corrected chi connectivity index (χ0v) is 13.7. The van der Waals surface area contributed by atoms with Gasteiger partial charge in [0.15, 0.2) is 5.78 Å². The number of thiophene rings is 1. The molecule has 0 saturated carbocycles. The standard InChI is InChI=1S/C14H22N2OS2/c1-9(17)11-10(15)12(18-4)13(19-11)16-7-5-14(2,3)6-8-16/h5-8,15H2,1-4H3. The third kappa shape index (κ3) is 2.92. The van der Waals surface area contributed by atoms with E-state index in [0.29, 0.717) is 16.0 Å². The molecule has 19 heavy (non-hydrogen) atoms. The molecule has 5 heteroatoms. The van der Waals surface area contributed by atoms with Crippen LogP contribution >= 0.6 is 23.1 Å². The van der Waals surface area contributed by atoms with Crippen molar-refractivity contribution < 1.29 is 4.79 Å². The van der Waals surface area contributed by atoms with Gasteiger partial charge in [0.25, 0.3) is 0 Å². The lowest BCUT2D eigenvalue weighted by Crippen LogP contribution is -2.37. The van der Waals surface area contributed by atoms with Crippen LogP contribution in [0.25, 0.3) is 0 Å². The number of carbonyl (C=O) groups excluding carboxylic acids is 1. The summed E-state index contributed by atoms with van der Waals surface area (Å²) in [5.74, 6) is 0.0707. The van der Waals surface area contributed by atoms with Crippen molar-refractivity contribution in [2.24, 2.45) is 5.41 Å². The average Bonchev–Trinajstić information content (AvgIpc) is 2.66. The van der Waals surface area contributed by atoms with Gasteiger partial charge in [-0.25, -0.2) is 0 Å². The van der Waals surface area contributed by atoms with Gasteiger partial charge in [-0.15, -0.1) is 23.1 Å². The molecular formula is C14H22N2OS2. The Morgan fingerprint density at radius 2 is 1.95 bits per heavy atom. The summed E-state index contributed by atoms with van der Waals surface area (Å²) in [4.78, 5) is 15.8. The number of nitrogens with two attached hydrogens (primary N) is 1. The van der Waals surface area contributed by atoms with Crippen molar-refractivity contribution in [3.8, 4) is 0 Å². The van der Waals surface area contributed by atoms with E-state index in [0.717, 1.165) is 18.0 Å². The van der Waals surface area contributed by atoms with E-state index in [2.05, 4.69) is 18.7 Å². The second-order valence-electron chi connectivity index (χ2n) is 5.89. The van der Waals surface area contributed by atoms with E-state index in [1.807, 2.05) is 6.26 Å². The smallest absolute Gasteiger partial charge is 0.171 e. The van der Waals surface area contributed by atoms with Gasteiger partial charge >= 0.3 is 0 Å². The number of ketones is 1. The maximum absolute atomic E-state index is 11.6. The van der Waals surface area contributed by atoms with Gasteiger partial charge < -0.3 is 10.6 Å². The number of nitrogens with zero attached hydrogens (tertiary/aromatic N) is 1. The molecule has 2 heterocycles. The summed E-state index contributed by atoms with van der Waals surface area (Å²) in [5, 5.41) is 1.19. The molecule has 1 aliphatic heterocycles. The molecule has 0 radical (unpaired) electrons. The molecule has 0 amide bonds. The highest BCUT2D eigenvalue weighted by molar-refractivity contribution is 7.99. The van der Waals surface area contributed by atoms with Crippen molar-refractivity contribution in [2.45, 2.75) is 38.5 Å². The van der Waals surface area contributed by atoms with Crippen LogP contribution in [-0.4, -0.2) is 25.1 Å². The van der Waals surface area contributed by atoms with Crippen molar-refractivity contribution in [1.29, 1.82) is 0 Å². The number of piperidine rings is 1. The van der Waals surface area contributed by atoms with E-state index < -0.39 is 0 Å². The van der Waals surface area contributed by atoms with Gasteiger partial charge in [-0.2, -0.15) is 0 Å². The summed E-state index contributed by atoms with van der Waals surface area (Å²) in [6.45, 7) is 8.35. The van der Waals surface area contributed by atoms with Crippen LogP contribution in [-0.2, 0) is 0 Å². The molecular weight excluding hydrogens is 276 g/mol. The van der Waals surface area contributed by atoms with Gasteiger partial charge in [-0.05, 0) is 24.5 Å². The molecule has 0 unspecified atom stereocenters. The van der Waals surface area contributed by atoms with Gasteiger partial charge in [0.05, 0.1) is 15.5 Å². The fraction of sp³-hybridized carbons (Fsp3) is 0.643. The summed E-state index contributed by atoms with van der Waals surface area (Å²) >= 11 is 3.20. The minimum atomic E-state index is 0.0707. The second kappa shape index (κ2) is 5.37. The predicted octanol–water partition coefficient (Wildman–Crippen LogP) is 3.88. The average molecular weight is 298 g/mol. The van der Waals surface area contributed by atoms with Gasteiger partial charge in [0, 0.05) is 20.0 Å². The van der Waals surface area contributed by atoms with Crippen LogP contribution in [0.5, 0.6) is 0 Å². The van der Waals surface area contributed by atoms with Gasteiger partial charge in [0.1, 0.15) is 5.00 Å². The summed E-state index contributed by atoms with van der Waals surface area (Å²) in [5.41, 5.74) is 7.22. The first kappa shape index (κ1) is 14.7.